The molecule has 4 nitrogen and oxygen atoms in total. The second kappa shape index (κ2) is 5.88. The Labute approximate surface area is 123 Å². The third-order valence-electron chi connectivity index (χ3n) is 3.67. The average Bonchev–Trinajstić information content (AvgIpc) is 2.63. The minimum Gasteiger partial charge on any atom is -0.434 e. The summed E-state index contributed by atoms with van der Waals surface area (Å²) in [4.78, 5) is 0. The smallest absolute Gasteiger partial charge is 0.387 e. The van der Waals surface area contributed by atoms with Crippen LogP contribution >= 0.6 is 0 Å². The highest BCUT2D eigenvalue weighted by molar-refractivity contribution is 7.91. The maximum atomic E-state index is 12.4. The fraction of sp³-hybridized carbons (Fsp3) is 0.571. The molecule has 118 valence electrons. The summed E-state index contributed by atoms with van der Waals surface area (Å²) in [5.41, 5.74) is 0.0410. The van der Waals surface area contributed by atoms with Gasteiger partial charge in [0.1, 0.15) is 5.75 Å². The van der Waals surface area contributed by atoms with Gasteiger partial charge in [0.25, 0.3) is 0 Å². The lowest BCUT2D eigenvalue weighted by Crippen LogP contribution is -2.44. The molecule has 1 aliphatic rings. The second-order valence-corrected chi connectivity index (χ2v) is 7.87. The molecule has 0 spiro atoms. The standard InChI is InChI=1S/C14H19F2NO3S/c1-10(17-14(2)7-8-21(18,19)9-14)11-5-3-4-6-12(11)20-13(15)16/h3-6,10,13,17H,7-9H2,1-2H3. The van der Waals surface area contributed by atoms with Crippen LogP contribution in [-0.2, 0) is 9.84 Å². The van der Waals surface area contributed by atoms with Crippen LogP contribution in [0.15, 0.2) is 24.3 Å². The largest absolute Gasteiger partial charge is 0.434 e. The number of para-hydroxylation sites is 1. The molecule has 2 atom stereocenters. The van der Waals surface area contributed by atoms with E-state index in [2.05, 4.69) is 10.1 Å². The van der Waals surface area contributed by atoms with E-state index in [0.717, 1.165) is 0 Å². The summed E-state index contributed by atoms with van der Waals surface area (Å²) < 4.78 is 52.6. The van der Waals surface area contributed by atoms with Crippen molar-refractivity contribution in [1.29, 1.82) is 0 Å². The van der Waals surface area contributed by atoms with Crippen molar-refractivity contribution in [2.45, 2.75) is 38.5 Å². The zero-order valence-electron chi connectivity index (χ0n) is 12.0. The van der Waals surface area contributed by atoms with Crippen LogP contribution in [0.25, 0.3) is 0 Å². The van der Waals surface area contributed by atoms with Crippen LogP contribution in [0.4, 0.5) is 8.78 Å². The normalized spacial score (nSPS) is 26.0. The topological polar surface area (TPSA) is 55.4 Å². The summed E-state index contributed by atoms with van der Waals surface area (Å²) >= 11 is 0. The maximum absolute atomic E-state index is 12.4. The fourth-order valence-electron chi connectivity index (χ4n) is 2.77. The molecule has 0 saturated carbocycles. The van der Waals surface area contributed by atoms with E-state index in [-0.39, 0.29) is 23.3 Å². The molecule has 0 aromatic heterocycles. The van der Waals surface area contributed by atoms with E-state index in [4.69, 9.17) is 0 Å². The van der Waals surface area contributed by atoms with E-state index in [0.29, 0.717) is 12.0 Å². The molecule has 1 heterocycles. The predicted molar refractivity (Wildman–Crippen MR) is 76.3 cm³/mol. The number of hydrogen-bond donors (Lipinski definition) is 1. The van der Waals surface area contributed by atoms with E-state index in [9.17, 15) is 17.2 Å². The van der Waals surface area contributed by atoms with Crippen molar-refractivity contribution in [2.24, 2.45) is 0 Å². The van der Waals surface area contributed by atoms with Crippen LogP contribution in [0.3, 0.4) is 0 Å². The lowest BCUT2D eigenvalue weighted by molar-refractivity contribution is -0.0507. The monoisotopic (exact) mass is 319 g/mol. The van der Waals surface area contributed by atoms with Crippen molar-refractivity contribution in [3.05, 3.63) is 29.8 Å². The quantitative estimate of drug-likeness (QED) is 0.906. The molecule has 2 unspecified atom stereocenters. The summed E-state index contributed by atoms with van der Waals surface area (Å²) in [6.07, 6.45) is 0.511. The number of rotatable bonds is 5. The number of hydrogen-bond acceptors (Lipinski definition) is 4. The summed E-state index contributed by atoms with van der Waals surface area (Å²) in [6, 6.07) is 6.24. The molecule has 1 saturated heterocycles. The molecule has 1 fully saturated rings. The summed E-state index contributed by atoms with van der Waals surface area (Å²) in [5.74, 6) is 0.317. The van der Waals surface area contributed by atoms with Crippen molar-refractivity contribution < 1.29 is 21.9 Å². The summed E-state index contributed by atoms with van der Waals surface area (Å²) in [5, 5.41) is 3.24. The predicted octanol–water partition coefficient (Wildman–Crippen LogP) is 2.52. The molecule has 1 aliphatic heterocycles. The number of benzene rings is 1. The Balaban J connectivity index is 2.16. The van der Waals surface area contributed by atoms with Gasteiger partial charge in [-0.25, -0.2) is 8.42 Å². The van der Waals surface area contributed by atoms with Gasteiger partial charge in [0.05, 0.1) is 11.5 Å². The van der Waals surface area contributed by atoms with Gasteiger partial charge in [0.2, 0.25) is 0 Å². The first-order valence-electron chi connectivity index (χ1n) is 6.73. The molecule has 0 amide bonds. The summed E-state index contributed by atoms with van der Waals surface area (Å²) in [7, 11) is -3.02. The first kappa shape index (κ1) is 16.2. The molecule has 7 heteroatoms. The molecule has 0 bridgehead atoms. The van der Waals surface area contributed by atoms with E-state index in [1.165, 1.54) is 6.07 Å². The van der Waals surface area contributed by atoms with Crippen LogP contribution in [0, 0.1) is 0 Å². The van der Waals surface area contributed by atoms with Crippen molar-refractivity contribution in [3.8, 4) is 5.75 Å². The molecule has 1 N–H and O–H groups in total. The third kappa shape index (κ3) is 4.14. The number of nitrogens with one attached hydrogen (secondary N) is 1. The first-order chi connectivity index (χ1) is 9.71. The van der Waals surface area contributed by atoms with E-state index >= 15 is 0 Å². The van der Waals surface area contributed by atoms with E-state index in [1.807, 2.05) is 13.8 Å². The highest BCUT2D eigenvalue weighted by Crippen LogP contribution is 2.31. The van der Waals surface area contributed by atoms with Crippen LogP contribution in [-0.4, -0.2) is 32.1 Å². The Morgan fingerprint density at radius 3 is 2.57 bits per heavy atom. The van der Waals surface area contributed by atoms with Crippen molar-refractivity contribution >= 4 is 9.84 Å². The lowest BCUT2D eigenvalue weighted by atomic mass is 9.98. The van der Waals surface area contributed by atoms with Gasteiger partial charge in [-0.3, -0.25) is 0 Å². The Morgan fingerprint density at radius 2 is 2.00 bits per heavy atom. The zero-order valence-corrected chi connectivity index (χ0v) is 12.8. The van der Waals surface area contributed by atoms with Crippen LogP contribution in [0.5, 0.6) is 5.75 Å². The molecule has 0 aliphatic carbocycles. The molecule has 21 heavy (non-hydrogen) atoms. The number of alkyl halides is 2. The molecule has 1 aromatic carbocycles. The van der Waals surface area contributed by atoms with Gasteiger partial charge in [0.15, 0.2) is 9.84 Å². The Kier molecular flexibility index (Phi) is 4.53. The first-order valence-corrected chi connectivity index (χ1v) is 8.55. The van der Waals surface area contributed by atoms with Gasteiger partial charge in [-0.1, -0.05) is 18.2 Å². The summed E-state index contributed by atoms with van der Waals surface area (Å²) in [6.45, 7) is 0.759. The van der Waals surface area contributed by atoms with Crippen LogP contribution < -0.4 is 10.1 Å². The van der Waals surface area contributed by atoms with Crippen molar-refractivity contribution in [1.82, 2.24) is 5.32 Å². The Morgan fingerprint density at radius 1 is 1.33 bits per heavy atom. The van der Waals surface area contributed by atoms with Crippen LogP contribution in [0.1, 0.15) is 31.9 Å². The van der Waals surface area contributed by atoms with Crippen LogP contribution in [0.2, 0.25) is 0 Å². The van der Waals surface area contributed by atoms with Gasteiger partial charge >= 0.3 is 6.61 Å². The minimum absolute atomic E-state index is 0.0577. The average molecular weight is 319 g/mol. The number of halogens is 2. The lowest BCUT2D eigenvalue weighted by Gasteiger charge is -2.29. The fourth-order valence-corrected chi connectivity index (χ4v) is 4.87. The van der Waals surface area contributed by atoms with Gasteiger partial charge < -0.3 is 10.1 Å². The maximum Gasteiger partial charge on any atom is 0.387 e. The molecule has 2 rings (SSSR count). The van der Waals surface area contributed by atoms with Crippen molar-refractivity contribution in [2.75, 3.05) is 11.5 Å². The highest BCUT2D eigenvalue weighted by atomic mass is 32.2. The molecular formula is C14H19F2NO3S. The minimum atomic E-state index is -3.02. The number of sulfone groups is 1. The van der Waals surface area contributed by atoms with Gasteiger partial charge in [-0.15, -0.1) is 0 Å². The second-order valence-electron chi connectivity index (χ2n) is 5.69. The number of ether oxygens (including phenoxy) is 1. The zero-order chi connectivity index (χ0) is 15.7. The van der Waals surface area contributed by atoms with E-state index in [1.54, 1.807) is 18.2 Å². The van der Waals surface area contributed by atoms with Gasteiger partial charge in [0, 0.05) is 17.1 Å². The Bertz CT molecular complexity index is 606. The third-order valence-corrected chi connectivity index (χ3v) is 5.57. The van der Waals surface area contributed by atoms with Gasteiger partial charge in [-0.2, -0.15) is 8.78 Å². The highest BCUT2D eigenvalue weighted by Gasteiger charge is 2.39. The van der Waals surface area contributed by atoms with E-state index < -0.39 is 22.0 Å². The van der Waals surface area contributed by atoms with Gasteiger partial charge in [-0.05, 0) is 26.3 Å². The van der Waals surface area contributed by atoms with Crippen molar-refractivity contribution in [3.63, 3.8) is 0 Å². The molecular weight excluding hydrogens is 300 g/mol. The molecule has 1 aromatic rings. The Hall–Kier alpha value is -1.21. The SMILES string of the molecule is CC(NC1(C)CCS(=O)(=O)C1)c1ccccc1OC(F)F. The molecule has 0 radical (unpaired) electrons.